The Bertz CT molecular complexity index is 2250. The van der Waals surface area contributed by atoms with Gasteiger partial charge in [0.2, 0.25) is 17.7 Å². The zero-order valence-corrected chi connectivity index (χ0v) is 32.2. The number of carbonyl (C=O) groups excluding carboxylic acids is 6. The first-order valence-electron chi connectivity index (χ1n) is 19.0. The van der Waals surface area contributed by atoms with Crippen LogP contribution in [-0.4, -0.2) is 81.4 Å². The van der Waals surface area contributed by atoms with Gasteiger partial charge in [-0.25, -0.2) is 0 Å². The maximum Gasteiger partial charge on any atom is 0.262 e. The second-order valence-corrected chi connectivity index (χ2v) is 16.9. The summed E-state index contributed by atoms with van der Waals surface area (Å²) in [5.41, 5.74) is 5.49. The SMILES string of the molecule is Cc1cc(OC2C(C)(C)C(NC(=O)c3ccc4c(c3)CCN(CC(=O)N3Cc5cc6c(cc5C3)C(=O)N(C3CCC(=O)NC3=O)C6=O)C4)C2(C)C)ccc1C#N. The Morgan fingerprint density at radius 3 is 2.18 bits per heavy atom. The molecule has 288 valence electrons. The summed E-state index contributed by atoms with van der Waals surface area (Å²) < 4.78 is 6.45. The molecule has 1 saturated heterocycles. The van der Waals surface area contributed by atoms with Crippen molar-refractivity contribution in [3.8, 4) is 11.8 Å². The average molecular weight is 757 g/mol. The number of carbonyl (C=O) groups is 6. The topological polar surface area (TPSA) is 169 Å². The number of rotatable bonds is 7. The van der Waals surface area contributed by atoms with Gasteiger partial charge in [0.05, 0.1) is 29.3 Å². The maximum absolute atomic E-state index is 13.6. The number of nitrogens with one attached hydrogen (secondary N) is 2. The lowest BCUT2D eigenvalue weighted by atomic mass is 9.49. The highest BCUT2D eigenvalue weighted by atomic mass is 16.5. The smallest absolute Gasteiger partial charge is 0.262 e. The van der Waals surface area contributed by atoms with Crippen molar-refractivity contribution in [2.75, 3.05) is 13.1 Å². The summed E-state index contributed by atoms with van der Waals surface area (Å²) in [4.78, 5) is 82.6. The molecule has 6 amide bonds. The average Bonchev–Trinajstić information content (AvgIpc) is 3.69. The first kappa shape index (κ1) is 37.1. The van der Waals surface area contributed by atoms with Gasteiger partial charge in [0.25, 0.3) is 17.7 Å². The van der Waals surface area contributed by atoms with Gasteiger partial charge in [0.15, 0.2) is 0 Å². The molecule has 0 bridgehead atoms. The highest BCUT2D eigenvalue weighted by molar-refractivity contribution is 6.23. The Labute approximate surface area is 324 Å². The largest absolute Gasteiger partial charge is 0.489 e. The number of benzene rings is 3. The fourth-order valence-electron chi connectivity index (χ4n) is 9.71. The van der Waals surface area contributed by atoms with Gasteiger partial charge in [0, 0.05) is 55.0 Å². The van der Waals surface area contributed by atoms with Crippen molar-refractivity contribution in [3.63, 3.8) is 0 Å². The summed E-state index contributed by atoms with van der Waals surface area (Å²) in [6.45, 7) is 12.3. The Kier molecular flexibility index (Phi) is 8.88. The van der Waals surface area contributed by atoms with Crippen LogP contribution in [0.15, 0.2) is 48.5 Å². The van der Waals surface area contributed by atoms with Crippen LogP contribution in [0, 0.1) is 29.1 Å². The molecular formula is C43H44N6O7. The van der Waals surface area contributed by atoms with E-state index in [4.69, 9.17) is 4.74 Å². The number of aryl methyl sites for hydroxylation is 1. The molecule has 0 spiro atoms. The van der Waals surface area contributed by atoms with Crippen molar-refractivity contribution in [2.24, 2.45) is 10.8 Å². The summed E-state index contributed by atoms with van der Waals surface area (Å²) in [6, 6.07) is 15.6. The standard InChI is InChI=1S/C43H44N6O7/c1-23-14-30(9-8-26(23)18-44)56-41-42(2,3)40(43(41,4)5)46-36(52)25-6-7-27-19-47(13-12-24(27)15-25)22-35(51)48-20-28-16-31-32(17-29(28)21-48)39(55)49(38(31)54)33-10-11-34(50)45-37(33)53/h6-9,14-17,33,40-41H,10-13,19-22H2,1-5H3,(H,46,52)(H,45,50,53). The van der Waals surface area contributed by atoms with Gasteiger partial charge in [-0.15, -0.1) is 0 Å². The number of nitrogens with zero attached hydrogens (tertiary/aromatic N) is 4. The van der Waals surface area contributed by atoms with Crippen molar-refractivity contribution in [3.05, 3.63) is 98.6 Å². The monoisotopic (exact) mass is 756 g/mol. The van der Waals surface area contributed by atoms with Crippen molar-refractivity contribution in [1.82, 2.24) is 25.3 Å². The molecule has 1 atom stereocenters. The summed E-state index contributed by atoms with van der Waals surface area (Å²) in [5, 5.41) is 14.8. The quantitative estimate of drug-likeness (QED) is 0.341. The molecule has 3 aromatic rings. The second kappa shape index (κ2) is 13.4. The summed E-state index contributed by atoms with van der Waals surface area (Å²) in [5.74, 6) is -1.71. The van der Waals surface area contributed by atoms with Gasteiger partial charge in [-0.3, -0.25) is 43.9 Å². The molecule has 2 N–H and O–H groups in total. The third-order valence-corrected chi connectivity index (χ3v) is 12.4. The molecule has 8 rings (SSSR count). The number of fused-ring (bicyclic) bond motifs is 3. The molecule has 3 aromatic carbocycles. The van der Waals surface area contributed by atoms with E-state index in [1.807, 2.05) is 37.3 Å². The van der Waals surface area contributed by atoms with E-state index in [2.05, 4.69) is 49.3 Å². The molecule has 1 aliphatic carbocycles. The zero-order chi connectivity index (χ0) is 39.8. The van der Waals surface area contributed by atoms with E-state index in [9.17, 15) is 34.0 Å². The van der Waals surface area contributed by atoms with E-state index in [1.165, 1.54) is 0 Å². The Morgan fingerprint density at radius 2 is 1.55 bits per heavy atom. The van der Waals surface area contributed by atoms with Gasteiger partial charge in [-0.05, 0) is 90.0 Å². The number of imide groups is 2. The zero-order valence-electron chi connectivity index (χ0n) is 32.2. The minimum Gasteiger partial charge on any atom is -0.489 e. The van der Waals surface area contributed by atoms with Gasteiger partial charge in [0.1, 0.15) is 17.9 Å². The molecule has 1 unspecified atom stereocenters. The van der Waals surface area contributed by atoms with Crippen molar-refractivity contribution in [1.29, 1.82) is 5.26 Å². The van der Waals surface area contributed by atoms with E-state index in [-0.39, 0.29) is 65.3 Å². The molecule has 4 aliphatic heterocycles. The number of ether oxygens (including phenoxy) is 1. The Balaban J connectivity index is 0.864. The van der Waals surface area contributed by atoms with E-state index in [1.54, 1.807) is 23.1 Å². The number of hydrogen-bond donors (Lipinski definition) is 2. The van der Waals surface area contributed by atoms with Crippen LogP contribution in [0.4, 0.5) is 0 Å². The van der Waals surface area contributed by atoms with E-state index in [0.717, 1.165) is 32.7 Å². The van der Waals surface area contributed by atoms with Crippen LogP contribution in [-0.2, 0) is 40.4 Å². The molecular weight excluding hydrogens is 713 g/mol. The van der Waals surface area contributed by atoms with Crippen molar-refractivity contribution < 1.29 is 33.5 Å². The van der Waals surface area contributed by atoms with Gasteiger partial charge < -0.3 is 15.0 Å². The van der Waals surface area contributed by atoms with Crippen molar-refractivity contribution >= 4 is 35.4 Å². The molecule has 4 heterocycles. The fourth-order valence-corrected chi connectivity index (χ4v) is 9.71. The predicted octanol–water partition coefficient (Wildman–Crippen LogP) is 3.78. The molecule has 2 fully saturated rings. The van der Waals surface area contributed by atoms with Gasteiger partial charge in [-0.2, -0.15) is 5.26 Å². The number of hydrogen-bond acceptors (Lipinski definition) is 9. The third-order valence-electron chi connectivity index (χ3n) is 12.4. The fraction of sp³-hybridized carbons (Fsp3) is 0.419. The van der Waals surface area contributed by atoms with Crippen LogP contribution in [0.3, 0.4) is 0 Å². The molecule has 1 saturated carbocycles. The third kappa shape index (κ3) is 6.12. The van der Waals surface area contributed by atoms with Crippen LogP contribution in [0.5, 0.6) is 5.75 Å². The van der Waals surface area contributed by atoms with Gasteiger partial charge >= 0.3 is 0 Å². The van der Waals surface area contributed by atoms with Crippen LogP contribution < -0.4 is 15.4 Å². The lowest BCUT2D eigenvalue weighted by Crippen LogP contribution is -2.74. The van der Waals surface area contributed by atoms with Crippen LogP contribution in [0.25, 0.3) is 0 Å². The summed E-state index contributed by atoms with van der Waals surface area (Å²) >= 11 is 0. The van der Waals surface area contributed by atoms with E-state index in [0.29, 0.717) is 49.5 Å². The highest BCUT2D eigenvalue weighted by Gasteiger charge is 2.64. The van der Waals surface area contributed by atoms with Crippen molar-refractivity contribution in [2.45, 2.75) is 91.7 Å². The number of piperidine rings is 1. The summed E-state index contributed by atoms with van der Waals surface area (Å²) in [6.07, 6.45) is 0.668. The molecule has 56 heavy (non-hydrogen) atoms. The minimum absolute atomic E-state index is 0.0524. The Morgan fingerprint density at radius 1 is 0.875 bits per heavy atom. The molecule has 0 radical (unpaired) electrons. The summed E-state index contributed by atoms with van der Waals surface area (Å²) in [7, 11) is 0. The molecule has 13 heteroatoms. The Hall–Kier alpha value is -5.87. The van der Waals surface area contributed by atoms with Crippen LogP contribution >= 0.6 is 0 Å². The van der Waals surface area contributed by atoms with Crippen LogP contribution in [0.1, 0.15) is 105 Å². The number of amides is 6. The molecule has 0 aromatic heterocycles. The van der Waals surface area contributed by atoms with E-state index < -0.39 is 29.7 Å². The second-order valence-electron chi connectivity index (χ2n) is 16.9. The number of nitriles is 1. The predicted molar refractivity (Wildman–Crippen MR) is 202 cm³/mol. The first-order chi connectivity index (χ1) is 26.6. The highest BCUT2D eigenvalue weighted by Crippen LogP contribution is 2.55. The first-order valence-corrected chi connectivity index (χ1v) is 19.0. The normalized spacial score (nSPS) is 23.4. The molecule has 13 nitrogen and oxygen atoms in total. The minimum atomic E-state index is -1.03. The van der Waals surface area contributed by atoms with Crippen LogP contribution in [0.2, 0.25) is 0 Å². The lowest BCUT2D eigenvalue weighted by Gasteiger charge is -2.63. The molecule has 5 aliphatic rings. The van der Waals surface area contributed by atoms with E-state index >= 15 is 0 Å². The maximum atomic E-state index is 13.6. The lowest BCUT2D eigenvalue weighted by molar-refractivity contribution is -0.164. The van der Waals surface area contributed by atoms with Gasteiger partial charge in [-0.1, -0.05) is 33.8 Å².